The van der Waals surface area contributed by atoms with Crippen molar-refractivity contribution < 1.29 is 13.3 Å². The van der Waals surface area contributed by atoms with Gasteiger partial charge in [-0.2, -0.15) is 15.0 Å². The van der Waals surface area contributed by atoms with Gasteiger partial charge in [-0.05, 0) is 0 Å². The van der Waals surface area contributed by atoms with Gasteiger partial charge in [-0.15, -0.1) is 0 Å². The molecule has 0 saturated carbocycles. The predicted octanol–water partition coefficient (Wildman–Crippen LogP) is -1.13. The highest BCUT2D eigenvalue weighted by molar-refractivity contribution is 6.61. The third-order valence-corrected chi connectivity index (χ3v) is 4.54. The van der Waals surface area contributed by atoms with Crippen molar-refractivity contribution in [3.63, 3.8) is 0 Å². The minimum Gasteiger partial charge on any atom is -0.376 e. The highest BCUT2D eigenvalue weighted by atomic mass is 28.4. The van der Waals surface area contributed by atoms with E-state index in [-0.39, 0.29) is 17.8 Å². The third-order valence-electron chi connectivity index (χ3n) is 2.07. The summed E-state index contributed by atoms with van der Waals surface area (Å²) in [6.45, 7) is 0. The Morgan fingerprint density at radius 2 is 1.47 bits per heavy atom. The standard InChI is InChI=1S/C7H16N6O3Si/c1-14-17(15-2,16-3)4-10-7-12-5(8)11-6(9)13-7/h4H2,1-3H3,(H5,8,9,10,11,12,13). The van der Waals surface area contributed by atoms with Crippen molar-refractivity contribution >= 4 is 26.6 Å². The van der Waals surface area contributed by atoms with Gasteiger partial charge in [0.2, 0.25) is 17.8 Å². The number of nitrogens with two attached hydrogens (primary N) is 2. The van der Waals surface area contributed by atoms with Crippen molar-refractivity contribution in [2.45, 2.75) is 0 Å². The lowest BCUT2D eigenvalue weighted by Crippen LogP contribution is -2.50. The van der Waals surface area contributed by atoms with Gasteiger partial charge in [0, 0.05) is 21.3 Å². The molecule has 0 fully saturated rings. The number of nitrogens with one attached hydrogen (secondary N) is 1. The molecule has 17 heavy (non-hydrogen) atoms. The van der Waals surface area contributed by atoms with Crippen molar-refractivity contribution in [2.24, 2.45) is 0 Å². The van der Waals surface area contributed by atoms with Crippen molar-refractivity contribution in [3.05, 3.63) is 0 Å². The Labute approximate surface area is 99.9 Å². The van der Waals surface area contributed by atoms with Gasteiger partial charge < -0.3 is 30.1 Å². The fraction of sp³-hybridized carbons (Fsp3) is 0.571. The Balaban J connectivity index is 2.71. The largest absolute Gasteiger partial charge is 0.520 e. The molecule has 1 rings (SSSR count). The number of nitrogen functional groups attached to an aromatic ring is 2. The zero-order chi connectivity index (χ0) is 12.9. The van der Waals surface area contributed by atoms with Gasteiger partial charge in [-0.1, -0.05) is 0 Å². The normalized spacial score (nSPS) is 11.5. The molecule has 0 bridgehead atoms. The molecule has 0 aliphatic heterocycles. The van der Waals surface area contributed by atoms with E-state index in [2.05, 4.69) is 20.3 Å². The van der Waals surface area contributed by atoms with Crippen LogP contribution in [0.5, 0.6) is 0 Å². The maximum atomic E-state index is 5.43. The maximum Gasteiger partial charge on any atom is 0.520 e. The Morgan fingerprint density at radius 1 is 1.00 bits per heavy atom. The number of hydrogen-bond acceptors (Lipinski definition) is 9. The minimum absolute atomic E-state index is 0.0412. The SMILES string of the molecule is CO[Si](CNc1nc(N)nc(N)n1)(OC)OC. The lowest BCUT2D eigenvalue weighted by Gasteiger charge is -2.24. The van der Waals surface area contributed by atoms with Gasteiger partial charge in [0.25, 0.3) is 0 Å². The molecule has 1 aromatic heterocycles. The van der Waals surface area contributed by atoms with Gasteiger partial charge in [-0.25, -0.2) is 0 Å². The Bertz CT molecular complexity index is 346. The van der Waals surface area contributed by atoms with E-state index in [0.717, 1.165) is 0 Å². The lowest BCUT2D eigenvalue weighted by atomic mass is 10.8. The van der Waals surface area contributed by atoms with E-state index >= 15 is 0 Å². The minimum atomic E-state index is -2.73. The van der Waals surface area contributed by atoms with E-state index in [1.807, 2.05) is 0 Å². The number of anilines is 3. The van der Waals surface area contributed by atoms with Crippen LogP contribution < -0.4 is 16.8 Å². The first-order valence-corrected chi connectivity index (χ1v) is 6.65. The first kappa shape index (κ1) is 13.6. The van der Waals surface area contributed by atoms with E-state index in [0.29, 0.717) is 6.17 Å². The lowest BCUT2D eigenvalue weighted by molar-refractivity contribution is 0.127. The fourth-order valence-corrected chi connectivity index (χ4v) is 2.45. The molecule has 0 aliphatic rings. The molecular formula is C7H16N6O3Si. The summed E-state index contributed by atoms with van der Waals surface area (Å²) in [5.74, 6) is 0.331. The molecular weight excluding hydrogens is 244 g/mol. The molecule has 0 saturated heterocycles. The molecule has 0 spiro atoms. The molecule has 5 N–H and O–H groups in total. The topological polar surface area (TPSA) is 130 Å². The second-order valence-electron chi connectivity index (χ2n) is 3.02. The molecule has 0 aromatic carbocycles. The average molecular weight is 260 g/mol. The van der Waals surface area contributed by atoms with Crippen molar-refractivity contribution in [1.82, 2.24) is 15.0 Å². The van der Waals surface area contributed by atoms with E-state index in [1.165, 1.54) is 21.3 Å². The van der Waals surface area contributed by atoms with Crippen molar-refractivity contribution in [3.8, 4) is 0 Å². The number of hydrogen-bond donors (Lipinski definition) is 3. The number of nitrogens with zero attached hydrogens (tertiary/aromatic N) is 3. The van der Waals surface area contributed by atoms with Crippen LogP contribution in [0.15, 0.2) is 0 Å². The second-order valence-corrected chi connectivity index (χ2v) is 5.97. The number of aromatic nitrogens is 3. The van der Waals surface area contributed by atoms with Crippen LogP contribution in [0.3, 0.4) is 0 Å². The average Bonchev–Trinajstić information content (AvgIpc) is 2.30. The predicted molar refractivity (Wildman–Crippen MR) is 63.9 cm³/mol. The molecule has 9 nitrogen and oxygen atoms in total. The summed E-state index contributed by atoms with van der Waals surface area (Å²) in [4.78, 5) is 11.4. The van der Waals surface area contributed by atoms with E-state index in [4.69, 9.17) is 24.7 Å². The molecule has 0 atom stereocenters. The molecule has 1 heterocycles. The summed E-state index contributed by atoms with van der Waals surface area (Å²) in [5, 5.41) is 2.88. The van der Waals surface area contributed by atoms with Crippen LogP contribution >= 0.6 is 0 Å². The highest BCUT2D eigenvalue weighted by Gasteiger charge is 2.38. The van der Waals surface area contributed by atoms with Crippen molar-refractivity contribution in [2.75, 3.05) is 44.3 Å². The van der Waals surface area contributed by atoms with Gasteiger partial charge in [0.15, 0.2) is 0 Å². The van der Waals surface area contributed by atoms with Crippen LogP contribution in [0.1, 0.15) is 0 Å². The molecule has 0 radical (unpaired) electrons. The summed E-state index contributed by atoms with van der Waals surface area (Å²) in [6.07, 6.45) is 0.291. The van der Waals surface area contributed by atoms with Gasteiger partial charge >= 0.3 is 8.80 Å². The van der Waals surface area contributed by atoms with Gasteiger partial charge in [0.1, 0.15) is 0 Å². The zero-order valence-corrected chi connectivity index (χ0v) is 10.9. The summed E-state index contributed by atoms with van der Waals surface area (Å²) in [6, 6.07) is 0. The van der Waals surface area contributed by atoms with Crippen LogP contribution in [-0.2, 0) is 13.3 Å². The highest BCUT2D eigenvalue weighted by Crippen LogP contribution is 2.08. The van der Waals surface area contributed by atoms with E-state index in [9.17, 15) is 0 Å². The molecule has 0 aliphatic carbocycles. The van der Waals surface area contributed by atoms with Crippen LogP contribution in [0, 0.1) is 0 Å². The van der Waals surface area contributed by atoms with Gasteiger partial charge in [-0.3, -0.25) is 0 Å². The molecule has 10 heteroatoms. The van der Waals surface area contributed by atoms with E-state index < -0.39 is 8.80 Å². The summed E-state index contributed by atoms with van der Waals surface area (Å²) in [5.41, 5.74) is 10.9. The third kappa shape index (κ3) is 3.49. The Kier molecular flexibility index (Phi) is 4.57. The molecule has 0 amide bonds. The van der Waals surface area contributed by atoms with Gasteiger partial charge in [0.05, 0.1) is 6.17 Å². The first-order chi connectivity index (χ1) is 8.05. The van der Waals surface area contributed by atoms with Crippen LogP contribution in [-0.4, -0.2) is 51.3 Å². The smallest absolute Gasteiger partial charge is 0.376 e. The first-order valence-electron chi connectivity index (χ1n) is 4.71. The molecule has 96 valence electrons. The number of rotatable bonds is 6. The monoisotopic (exact) mass is 260 g/mol. The molecule has 1 aromatic rings. The van der Waals surface area contributed by atoms with Crippen molar-refractivity contribution in [1.29, 1.82) is 0 Å². The fourth-order valence-electron chi connectivity index (χ4n) is 1.14. The van der Waals surface area contributed by atoms with E-state index in [1.54, 1.807) is 0 Å². The van der Waals surface area contributed by atoms with Crippen LogP contribution in [0.2, 0.25) is 0 Å². The summed E-state index contributed by atoms with van der Waals surface area (Å²) in [7, 11) is 1.80. The second kappa shape index (κ2) is 5.72. The van der Waals surface area contributed by atoms with Crippen LogP contribution in [0.25, 0.3) is 0 Å². The molecule has 0 unspecified atom stereocenters. The summed E-state index contributed by atoms with van der Waals surface area (Å²) >= 11 is 0. The zero-order valence-electron chi connectivity index (χ0n) is 9.93. The summed E-state index contributed by atoms with van der Waals surface area (Å²) < 4.78 is 15.7. The Hall–Kier alpha value is -1.49. The maximum absolute atomic E-state index is 5.43. The Morgan fingerprint density at radius 3 is 1.88 bits per heavy atom. The van der Waals surface area contributed by atoms with Crippen LogP contribution in [0.4, 0.5) is 17.8 Å². The quantitative estimate of drug-likeness (QED) is 0.543.